The molecule has 1 saturated carbocycles. The Morgan fingerprint density at radius 1 is 1.42 bits per heavy atom. The third-order valence-electron chi connectivity index (χ3n) is 4.05. The van der Waals surface area contributed by atoms with E-state index in [0.717, 1.165) is 31.5 Å². The number of nitrogens with one attached hydrogen (secondary N) is 1. The Balaban J connectivity index is 1.98. The zero-order chi connectivity index (χ0) is 13.6. The second-order valence-corrected chi connectivity index (χ2v) is 5.48. The molecular formula is C13H18F3N3. The van der Waals surface area contributed by atoms with Crippen molar-refractivity contribution in [3.8, 4) is 0 Å². The van der Waals surface area contributed by atoms with E-state index in [4.69, 9.17) is 0 Å². The molecule has 1 N–H and O–H groups in total. The molecule has 1 aromatic heterocycles. The highest BCUT2D eigenvalue weighted by molar-refractivity contribution is 5.24. The van der Waals surface area contributed by atoms with Crippen molar-refractivity contribution >= 4 is 0 Å². The highest BCUT2D eigenvalue weighted by Crippen LogP contribution is 2.50. The lowest BCUT2D eigenvalue weighted by Crippen LogP contribution is -2.25. The van der Waals surface area contributed by atoms with E-state index in [-0.39, 0.29) is 6.04 Å². The van der Waals surface area contributed by atoms with Crippen LogP contribution >= 0.6 is 0 Å². The lowest BCUT2D eigenvalue weighted by atomic mass is 10.1. The molecule has 6 heteroatoms. The summed E-state index contributed by atoms with van der Waals surface area (Å²) in [6, 6.07) is 0.0194. The number of imidazole rings is 1. The van der Waals surface area contributed by atoms with Crippen LogP contribution in [0.4, 0.5) is 13.2 Å². The van der Waals surface area contributed by atoms with Gasteiger partial charge < -0.3 is 9.88 Å². The van der Waals surface area contributed by atoms with Gasteiger partial charge in [0.05, 0.1) is 5.69 Å². The first-order valence-electron chi connectivity index (χ1n) is 6.90. The van der Waals surface area contributed by atoms with Crippen molar-refractivity contribution in [1.29, 1.82) is 0 Å². The topological polar surface area (TPSA) is 29.9 Å². The van der Waals surface area contributed by atoms with Crippen molar-refractivity contribution in [2.75, 3.05) is 6.54 Å². The highest BCUT2D eigenvalue weighted by atomic mass is 19.4. The molecule has 0 saturated heterocycles. The van der Waals surface area contributed by atoms with Gasteiger partial charge in [0.1, 0.15) is 0 Å². The van der Waals surface area contributed by atoms with Gasteiger partial charge in [0.15, 0.2) is 0 Å². The second-order valence-electron chi connectivity index (χ2n) is 5.48. The molecule has 0 amide bonds. The number of aromatic nitrogens is 2. The number of alkyl halides is 3. The summed E-state index contributed by atoms with van der Waals surface area (Å²) in [5, 5.41) is 3.09. The fraction of sp³-hybridized carbons (Fsp3) is 0.769. The summed E-state index contributed by atoms with van der Waals surface area (Å²) in [6.45, 7) is 3.27. The van der Waals surface area contributed by atoms with Gasteiger partial charge in [-0.25, -0.2) is 4.98 Å². The van der Waals surface area contributed by atoms with Crippen LogP contribution in [0, 0.1) is 5.92 Å². The first kappa shape index (κ1) is 13.0. The maximum absolute atomic E-state index is 13.1. The third kappa shape index (κ3) is 2.26. The summed E-state index contributed by atoms with van der Waals surface area (Å²) in [5.41, 5.74) is 1.38. The van der Waals surface area contributed by atoms with Crippen LogP contribution < -0.4 is 5.32 Å². The fourth-order valence-corrected chi connectivity index (χ4v) is 3.12. The molecule has 2 unspecified atom stereocenters. The van der Waals surface area contributed by atoms with Crippen LogP contribution in [-0.2, 0) is 19.1 Å². The van der Waals surface area contributed by atoms with E-state index in [9.17, 15) is 13.2 Å². The maximum Gasteiger partial charge on any atom is 0.449 e. The molecule has 3 nitrogen and oxygen atoms in total. The largest absolute Gasteiger partial charge is 0.449 e. The minimum absolute atomic E-state index is 0.0194. The predicted molar refractivity (Wildman–Crippen MR) is 64.7 cm³/mol. The SMILES string of the molecule is CCCC1CC1n1c(C(F)(F)F)nc2c1CCNC2. The molecular weight excluding hydrogens is 255 g/mol. The van der Waals surface area contributed by atoms with Gasteiger partial charge in [-0.15, -0.1) is 0 Å². The number of fused-ring (bicyclic) bond motifs is 1. The predicted octanol–water partition coefficient (Wildman–Crippen LogP) is 2.91. The number of nitrogens with zero attached hydrogens (tertiary/aromatic N) is 2. The molecule has 1 aromatic rings. The number of halogens is 3. The molecule has 1 fully saturated rings. The van der Waals surface area contributed by atoms with Gasteiger partial charge in [0.2, 0.25) is 5.82 Å². The van der Waals surface area contributed by atoms with Gasteiger partial charge in [-0.3, -0.25) is 0 Å². The number of hydrogen-bond acceptors (Lipinski definition) is 2. The summed E-state index contributed by atoms with van der Waals surface area (Å²) in [7, 11) is 0. The number of rotatable bonds is 3. The third-order valence-corrected chi connectivity index (χ3v) is 4.05. The van der Waals surface area contributed by atoms with Crippen LogP contribution in [0.3, 0.4) is 0 Å². The Morgan fingerprint density at radius 2 is 2.21 bits per heavy atom. The molecule has 0 bridgehead atoms. The van der Waals surface area contributed by atoms with Crippen LogP contribution in [0.25, 0.3) is 0 Å². The smallest absolute Gasteiger partial charge is 0.321 e. The van der Waals surface area contributed by atoms with E-state index in [0.29, 0.717) is 24.6 Å². The zero-order valence-corrected chi connectivity index (χ0v) is 10.9. The molecule has 1 aliphatic heterocycles. The highest BCUT2D eigenvalue weighted by Gasteiger charge is 2.47. The van der Waals surface area contributed by atoms with Crippen molar-refractivity contribution in [2.45, 2.75) is 51.4 Å². The van der Waals surface area contributed by atoms with Crippen molar-refractivity contribution in [1.82, 2.24) is 14.9 Å². The van der Waals surface area contributed by atoms with Crippen LogP contribution in [0.5, 0.6) is 0 Å². The van der Waals surface area contributed by atoms with Crippen molar-refractivity contribution in [3.63, 3.8) is 0 Å². The van der Waals surface area contributed by atoms with E-state index in [1.807, 2.05) is 0 Å². The van der Waals surface area contributed by atoms with E-state index < -0.39 is 12.0 Å². The van der Waals surface area contributed by atoms with Gasteiger partial charge in [0.25, 0.3) is 0 Å². The molecule has 0 radical (unpaired) electrons. The molecule has 2 atom stereocenters. The fourth-order valence-electron chi connectivity index (χ4n) is 3.12. The monoisotopic (exact) mass is 273 g/mol. The molecule has 1 aliphatic carbocycles. The molecule has 106 valence electrons. The summed E-state index contributed by atoms with van der Waals surface area (Å²) in [4.78, 5) is 3.85. The van der Waals surface area contributed by atoms with Gasteiger partial charge in [0, 0.05) is 31.2 Å². The Labute approximate surface area is 110 Å². The van der Waals surface area contributed by atoms with E-state index in [2.05, 4.69) is 17.2 Å². The van der Waals surface area contributed by atoms with E-state index >= 15 is 0 Å². The minimum atomic E-state index is -4.35. The molecule has 3 rings (SSSR count). The lowest BCUT2D eigenvalue weighted by Gasteiger charge is -2.17. The van der Waals surface area contributed by atoms with Crippen molar-refractivity contribution < 1.29 is 13.2 Å². The molecule has 19 heavy (non-hydrogen) atoms. The summed E-state index contributed by atoms with van der Waals surface area (Å²) >= 11 is 0. The lowest BCUT2D eigenvalue weighted by molar-refractivity contribution is -0.147. The second kappa shape index (κ2) is 4.51. The summed E-state index contributed by atoms with van der Waals surface area (Å²) in [5.74, 6) is -0.288. The average Bonchev–Trinajstić information content (AvgIpc) is 2.99. The van der Waals surface area contributed by atoms with Gasteiger partial charge in [-0.05, 0) is 18.8 Å². The minimum Gasteiger partial charge on any atom is -0.321 e. The van der Waals surface area contributed by atoms with Crippen molar-refractivity contribution in [2.24, 2.45) is 5.92 Å². The normalized spacial score (nSPS) is 26.3. The Hall–Kier alpha value is -1.04. The Bertz CT molecular complexity index is 478. The first-order chi connectivity index (χ1) is 9.02. The quantitative estimate of drug-likeness (QED) is 0.917. The molecule has 0 spiro atoms. The Morgan fingerprint density at radius 3 is 2.89 bits per heavy atom. The van der Waals surface area contributed by atoms with Gasteiger partial charge in [-0.2, -0.15) is 13.2 Å². The number of hydrogen-bond donors (Lipinski definition) is 1. The van der Waals surface area contributed by atoms with Crippen molar-refractivity contribution in [3.05, 3.63) is 17.2 Å². The Kier molecular flexibility index (Phi) is 3.08. The van der Waals surface area contributed by atoms with Gasteiger partial charge in [-0.1, -0.05) is 13.3 Å². The maximum atomic E-state index is 13.1. The summed E-state index contributed by atoms with van der Waals surface area (Å²) in [6.07, 6.45) is -0.800. The average molecular weight is 273 g/mol. The molecule has 2 aliphatic rings. The first-order valence-corrected chi connectivity index (χ1v) is 6.90. The van der Waals surface area contributed by atoms with Crippen LogP contribution in [-0.4, -0.2) is 16.1 Å². The van der Waals surface area contributed by atoms with Crippen LogP contribution in [0.2, 0.25) is 0 Å². The van der Waals surface area contributed by atoms with E-state index in [1.165, 1.54) is 4.57 Å². The molecule has 2 heterocycles. The standard InChI is InChI=1S/C13H18F3N3/c1-2-3-8-6-11(8)19-10-4-5-17-7-9(10)18-12(19)13(14,15)16/h8,11,17H,2-7H2,1H3. The summed E-state index contributed by atoms with van der Waals surface area (Å²) < 4.78 is 40.9. The van der Waals surface area contributed by atoms with Crippen LogP contribution in [0.1, 0.15) is 49.4 Å². The zero-order valence-electron chi connectivity index (χ0n) is 10.9. The van der Waals surface area contributed by atoms with E-state index in [1.54, 1.807) is 0 Å². The van der Waals surface area contributed by atoms with Gasteiger partial charge >= 0.3 is 6.18 Å². The molecule has 0 aromatic carbocycles. The van der Waals surface area contributed by atoms with Crippen LogP contribution in [0.15, 0.2) is 0 Å².